The Morgan fingerprint density at radius 3 is 2.79 bits per heavy atom. The average Bonchev–Trinajstić information content (AvgIpc) is 3.17. The van der Waals surface area contributed by atoms with Crippen LogP contribution in [0.5, 0.6) is 11.5 Å². The zero-order valence-corrected chi connectivity index (χ0v) is 17.6. The Morgan fingerprint density at radius 2 is 2.03 bits per heavy atom. The minimum atomic E-state index is 0.381. The number of rotatable bonds is 8. The van der Waals surface area contributed by atoms with Crippen LogP contribution in [0.1, 0.15) is 37.1 Å². The van der Waals surface area contributed by atoms with Gasteiger partial charge >= 0.3 is 0 Å². The van der Waals surface area contributed by atoms with Crippen molar-refractivity contribution in [2.75, 3.05) is 20.2 Å². The summed E-state index contributed by atoms with van der Waals surface area (Å²) in [7, 11) is 1.71. The average molecular weight is 414 g/mol. The number of methoxy groups -OCH3 is 1. The van der Waals surface area contributed by atoms with Gasteiger partial charge in [-0.15, -0.1) is 0 Å². The van der Waals surface area contributed by atoms with Crippen molar-refractivity contribution in [3.63, 3.8) is 0 Å². The van der Waals surface area contributed by atoms with Crippen LogP contribution in [0.4, 0.5) is 0 Å². The molecular formula is C23H28ClN3O2. The number of aromatic nitrogens is 2. The Kier molecular flexibility index (Phi) is 6.57. The summed E-state index contributed by atoms with van der Waals surface area (Å²) in [5, 5.41) is 4.20. The SMILES string of the molecule is COc1cc(CCCC2CCCNC2)c2nc(COc3ccc(Cl)cc3)[nH]c2c1. The van der Waals surface area contributed by atoms with E-state index in [4.69, 9.17) is 26.1 Å². The third-order valence-electron chi connectivity index (χ3n) is 5.57. The van der Waals surface area contributed by atoms with E-state index < -0.39 is 0 Å². The minimum Gasteiger partial charge on any atom is -0.497 e. The Labute approximate surface area is 176 Å². The Bertz CT molecular complexity index is 933. The highest BCUT2D eigenvalue weighted by molar-refractivity contribution is 6.30. The van der Waals surface area contributed by atoms with Crippen molar-refractivity contribution in [1.82, 2.24) is 15.3 Å². The molecule has 1 saturated heterocycles. The van der Waals surface area contributed by atoms with Crippen LogP contribution in [0.25, 0.3) is 11.0 Å². The van der Waals surface area contributed by atoms with E-state index in [2.05, 4.69) is 16.4 Å². The summed E-state index contributed by atoms with van der Waals surface area (Å²) in [4.78, 5) is 8.19. The van der Waals surface area contributed by atoms with Gasteiger partial charge in [-0.05, 0) is 87.0 Å². The first-order valence-corrected chi connectivity index (χ1v) is 10.7. The first-order chi connectivity index (χ1) is 14.2. The quantitative estimate of drug-likeness (QED) is 0.537. The molecule has 1 fully saturated rings. The molecule has 4 rings (SSSR count). The van der Waals surface area contributed by atoms with Crippen molar-refractivity contribution in [1.29, 1.82) is 0 Å². The standard InChI is InChI=1S/C23H28ClN3O2/c1-28-20-12-17(6-2-4-16-5-3-11-25-14-16)23-21(13-20)26-22(27-23)15-29-19-9-7-18(24)8-10-19/h7-10,12-13,16,25H,2-6,11,14-15H2,1H3,(H,26,27). The molecule has 1 aromatic heterocycles. The van der Waals surface area contributed by atoms with Crippen molar-refractivity contribution in [3.8, 4) is 11.5 Å². The van der Waals surface area contributed by atoms with Crippen LogP contribution in [0.15, 0.2) is 36.4 Å². The summed E-state index contributed by atoms with van der Waals surface area (Å²) < 4.78 is 11.4. The molecule has 0 bridgehead atoms. The number of aromatic amines is 1. The molecule has 0 radical (unpaired) electrons. The minimum absolute atomic E-state index is 0.381. The summed E-state index contributed by atoms with van der Waals surface area (Å²) >= 11 is 5.93. The van der Waals surface area contributed by atoms with Crippen molar-refractivity contribution in [2.45, 2.75) is 38.7 Å². The number of nitrogens with zero attached hydrogens (tertiary/aromatic N) is 1. The van der Waals surface area contributed by atoms with Crippen LogP contribution in [-0.4, -0.2) is 30.2 Å². The number of benzene rings is 2. The van der Waals surface area contributed by atoms with E-state index >= 15 is 0 Å². The number of imidazole rings is 1. The van der Waals surface area contributed by atoms with E-state index in [1.165, 1.54) is 31.4 Å². The van der Waals surface area contributed by atoms with Crippen LogP contribution in [0.2, 0.25) is 5.02 Å². The first-order valence-electron chi connectivity index (χ1n) is 10.4. The monoisotopic (exact) mass is 413 g/mol. The molecule has 5 nitrogen and oxygen atoms in total. The molecule has 0 saturated carbocycles. The largest absolute Gasteiger partial charge is 0.497 e. The molecule has 0 aliphatic carbocycles. The molecular weight excluding hydrogens is 386 g/mol. The number of halogens is 1. The fourth-order valence-electron chi connectivity index (χ4n) is 4.02. The summed E-state index contributed by atoms with van der Waals surface area (Å²) in [5.74, 6) is 3.24. The van der Waals surface area contributed by atoms with E-state index in [1.807, 2.05) is 30.3 Å². The van der Waals surface area contributed by atoms with Crippen LogP contribution in [0.3, 0.4) is 0 Å². The van der Waals surface area contributed by atoms with Gasteiger partial charge in [0.1, 0.15) is 23.9 Å². The molecule has 2 N–H and O–H groups in total. The molecule has 1 aliphatic rings. The number of piperidine rings is 1. The molecule has 29 heavy (non-hydrogen) atoms. The fraction of sp³-hybridized carbons (Fsp3) is 0.435. The number of fused-ring (bicyclic) bond motifs is 1. The van der Waals surface area contributed by atoms with Gasteiger partial charge in [0, 0.05) is 11.1 Å². The summed E-state index contributed by atoms with van der Waals surface area (Å²) in [6.07, 6.45) is 6.06. The Hall–Kier alpha value is -2.24. The van der Waals surface area contributed by atoms with E-state index in [-0.39, 0.29) is 0 Å². The van der Waals surface area contributed by atoms with E-state index in [1.54, 1.807) is 7.11 Å². The van der Waals surface area contributed by atoms with E-state index in [9.17, 15) is 0 Å². The fourth-order valence-corrected chi connectivity index (χ4v) is 4.15. The number of hydrogen-bond donors (Lipinski definition) is 2. The molecule has 0 spiro atoms. The van der Waals surface area contributed by atoms with Gasteiger partial charge in [0.15, 0.2) is 0 Å². The molecule has 6 heteroatoms. The second-order valence-electron chi connectivity index (χ2n) is 7.71. The lowest BCUT2D eigenvalue weighted by Gasteiger charge is -2.22. The van der Waals surface area contributed by atoms with Crippen LogP contribution in [-0.2, 0) is 13.0 Å². The lowest BCUT2D eigenvalue weighted by atomic mass is 9.93. The van der Waals surface area contributed by atoms with E-state index in [0.717, 1.165) is 53.7 Å². The van der Waals surface area contributed by atoms with Gasteiger partial charge in [-0.2, -0.15) is 0 Å². The van der Waals surface area contributed by atoms with Gasteiger partial charge in [0.2, 0.25) is 0 Å². The zero-order chi connectivity index (χ0) is 20.1. The van der Waals surface area contributed by atoms with Crippen molar-refractivity contribution in [3.05, 3.63) is 52.8 Å². The molecule has 2 heterocycles. The lowest BCUT2D eigenvalue weighted by molar-refractivity contribution is 0.297. The predicted molar refractivity (Wildman–Crippen MR) is 117 cm³/mol. The Balaban J connectivity index is 1.45. The molecule has 3 aromatic rings. The molecule has 2 aromatic carbocycles. The normalized spacial score (nSPS) is 16.8. The van der Waals surface area contributed by atoms with Crippen molar-refractivity contribution in [2.24, 2.45) is 5.92 Å². The van der Waals surface area contributed by atoms with Gasteiger partial charge in [-0.3, -0.25) is 0 Å². The van der Waals surface area contributed by atoms with Crippen molar-refractivity contribution < 1.29 is 9.47 Å². The molecule has 1 aliphatic heterocycles. The third-order valence-corrected chi connectivity index (χ3v) is 5.82. The van der Waals surface area contributed by atoms with Gasteiger partial charge < -0.3 is 19.8 Å². The van der Waals surface area contributed by atoms with Gasteiger partial charge in [0.25, 0.3) is 0 Å². The summed E-state index contributed by atoms with van der Waals surface area (Å²) in [6, 6.07) is 11.5. The maximum atomic E-state index is 5.93. The molecule has 1 atom stereocenters. The first kappa shape index (κ1) is 20.0. The predicted octanol–water partition coefficient (Wildman–Crippen LogP) is 5.13. The van der Waals surface area contributed by atoms with Crippen LogP contribution in [0, 0.1) is 5.92 Å². The second kappa shape index (κ2) is 9.51. The van der Waals surface area contributed by atoms with Crippen molar-refractivity contribution >= 4 is 22.6 Å². The topological polar surface area (TPSA) is 59.2 Å². The second-order valence-corrected chi connectivity index (χ2v) is 8.15. The van der Waals surface area contributed by atoms with Gasteiger partial charge in [0.05, 0.1) is 18.1 Å². The van der Waals surface area contributed by atoms with E-state index in [0.29, 0.717) is 11.6 Å². The maximum absolute atomic E-state index is 5.93. The summed E-state index contributed by atoms with van der Waals surface area (Å²) in [6.45, 7) is 2.70. The molecule has 0 amide bonds. The molecule has 1 unspecified atom stereocenters. The highest BCUT2D eigenvalue weighted by atomic mass is 35.5. The summed E-state index contributed by atoms with van der Waals surface area (Å²) in [5.41, 5.74) is 3.24. The number of hydrogen-bond acceptors (Lipinski definition) is 4. The highest BCUT2D eigenvalue weighted by Gasteiger charge is 2.14. The number of ether oxygens (including phenoxy) is 2. The Morgan fingerprint density at radius 1 is 1.17 bits per heavy atom. The third kappa shape index (κ3) is 5.22. The molecule has 154 valence electrons. The maximum Gasteiger partial charge on any atom is 0.146 e. The highest BCUT2D eigenvalue weighted by Crippen LogP contribution is 2.27. The van der Waals surface area contributed by atoms with Gasteiger partial charge in [-0.25, -0.2) is 4.98 Å². The lowest BCUT2D eigenvalue weighted by Crippen LogP contribution is -2.29. The number of H-pyrrole nitrogens is 1. The van der Waals surface area contributed by atoms with Crippen LogP contribution < -0.4 is 14.8 Å². The zero-order valence-electron chi connectivity index (χ0n) is 16.8. The van der Waals surface area contributed by atoms with Crippen LogP contribution >= 0.6 is 11.6 Å². The number of nitrogens with one attached hydrogen (secondary N) is 2. The smallest absolute Gasteiger partial charge is 0.146 e. The van der Waals surface area contributed by atoms with Gasteiger partial charge in [-0.1, -0.05) is 11.6 Å². The number of aryl methyl sites for hydroxylation is 1.